The summed E-state index contributed by atoms with van der Waals surface area (Å²) in [5, 5.41) is 8.23. The fraction of sp³-hybridized carbons (Fsp3) is 0.118. The zero-order chi connectivity index (χ0) is 20.0. The summed E-state index contributed by atoms with van der Waals surface area (Å²) in [6, 6.07) is 11.4. The van der Waals surface area contributed by atoms with E-state index in [4.69, 9.17) is 23.8 Å². The maximum Gasteiger partial charge on any atom is 0.413 e. The van der Waals surface area contributed by atoms with Gasteiger partial charge in [-0.2, -0.15) is 0 Å². The maximum atomic E-state index is 12.8. The highest BCUT2D eigenvalue weighted by Gasteiger charge is 2.18. The average Bonchev–Trinajstić information content (AvgIpc) is 2.62. The molecule has 1 unspecified atom stereocenters. The molecule has 7 nitrogen and oxygen atoms in total. The van der Waals surface area contributed by atoms with Crippen LogP contribution in [0.2, 0.25) is 5.02 Å². The van der Waals surface area contributed by atoms with E-state index in [0.717, 1.165) is 0 Å². The Morgan fingerprint density at radius 2 is 1.70 bits per heavy atom. The molecule has 0 saturated carbocycles. The SMILES string of the molecule is COC(=O)NC(=S)Nc1cc([S+]([O-])c2ccc(Cl)cc2)ccc1NC(C)=O. The number of hydrogen-bond acceptors (Lipinski definition) is 5. The number of alkyl carbamates (subject to hydrolysis) is 1. The van der Waals surface area contributed by atoms with Gasteiger partial charge in [-0.25, -0.2) is 4.79 Å². The van der Waals surface area contributed by atoms with Crippen LogP contribution in [-0.2, 0) is 20.7 Å². The van der Waals surface area contributed by atoms with Crippen molar-refractivity contribution in [1.82, 2.24) is 5.32 Å². The molecular formula is C17H16ClN3O4S2. The molecule has 3 N–H and O–H groups in total. The van der Waals surface area contributed by atoms with Crippen molar-refractivity contribution in [3.63, 3.8) is 0 Å². The second kappa shape index (κ2) is 9.56. The van der Waals surface area contributed by atoms with Gasteiger partial charge in [-0.1, -0.05) is 11.6 Å². The second-order valence-electron chi connectivity index (χ2n) is 5.18. The molecule has 10 heteroatoms. The van der Waals surface area contributed by atoms with Crippen LogP contribution in [0.3, 0.4) is 0 Å². The number of benzene rings is 2. The standard InChI is InChI=1S/C17H16ClN3O4S2/c1-10(22)19-14-8-7-13(27(24)12-5-3-11(18)4-6-12)9-15(14)20-16(26)21-17(23)25-2/h3-9H,1-2H3,(H,19,22)(H2,20,21,23,26). The Morgan fingerprint density at radius 3 is 2.30 bits per heavy atom. The molecule has 0 aromatic heterocycles. The number of thiocarbonyl (C=S) groups is 1. The number of rotatable bonds is 4. The van der Waals surface area contributed by atoms with Gasteiger partial charge >= 0.3 is 6.09 Å². The summed E-state index contributed by atoms with van der Waals surface area (Å²) < 4.78 is 17.3. The fourth-order valence-electron chi connectivity index (χ4n) is 2.03. The van der Waals surface area contributed by atoms with Gasteiger partial charge < -0.3 is 19.9 Å². The lowest BCUT2D eigenvalue weighted by atomic mass is 10.2. The number of carbonyl (C=O) groups excluding carboxylic acids is 2. The number of halogens is 1. The third kappa shape index (κ3) is 6.10. The zero-order valence-electron chi connectivity index (χ0n) is 14.4. The lowest BCUT2D eigenvalue weighted by Crippen LogP contribution is -2.34. The molecule has 0 aliphatic rings. The quantitative estimate of drug-likeness (QED) is 0.511. The summed E-state index contributed by atoms with van der Waals surface area (Å²) in [5.74, 6) is -0.295. The number of methoxy groups -OCH3 is 1. The molecule has 2 amide bonds. The summed E-state index contributed by atoms with van der Waals surface area (Å²) in [4.78, 5) is 23.7. The van der Waals surface area contributed by atoms with Crippen molar-refractivity contribution in [3.05, 3.63) is 47.5 Å². The summed E-state index contributed by atoms with van der Waals surface area (Å²) in [6.45, 7) is 1.36. The Hall–Kier alpha value is -2.33. The van der Waals surface area contributed by atoms with Crippen molar-refractivity contribution >= 4 is 63.5 Å². The minimum absolute atomic E-state index is 0.0390. The van der Waals surface area contributed by atoms with E-state index in [-0.39, 0.29) is 11.0 Å². The second-order valence-corrected chi connectivity index (χ2v) is 7.51. The van der Waals surface area contributed by atoms with Crippen LogP contribution in [0.4, 0.5) is 16.2 Å². The number of amides is 2. The topological polar surface area (TPSA) is 103 Å². The summed E-state index contributed by atoms with van der Waals surface area (Å²) in [6.07, 6.45) is -0.741. The number of ether oxygens (including phenoxy) is 1. The van der Waals surface area contributed by atoms with Crippen LogP contribution in [0.5, 0.6) is 0 Å². The van der Waals surface area contributed by atoms with Crippen molar-refractivity contribution in [1.29, 1.82) is 0 Å². The number of anilines is 2. The van der Waals surface area contributed by atoms with E-state index < -0.39 is 17.3 Å². The number of nitrogens with one attached hydrogen (secondary N) is 3. The molecule has 0 aliphatic carbocycles. The Bertz CT molecular complexity index is 862. The Morgan fingerprint density at radius 1 is 1.07 bits per heavy atom. The van der Waals surface area contributed by atoms with Crippen molar-refractivity contribution in [2.24, 2.45) is 0 Å². The van der Waals surface area contributed by atoms with E-state index in [1.165, 1.54) is 14.0 Å². The van der Waals surface area contributed by atoms with Crippen LogP contribution in [0, 0.1) is 0 Å². The fourth-order valence-corrected chi connectivity index (χ4v) is 3.42. The lowest BCUT2D eigenvalue weighted by Gasteiger charge is -2.16. The van der Waals surface area contributed by atoms with Crippen LogP contribution < -0.4 is 16.0 Å². The first-order valence-electron chi connectivity index (χ1n) is 7.55. The average molecular weight is 426 g/mol. The molecule has 0 radical (unpaired) electrons. The Labute approximate surface area is 169 Å². The van der Waals surface area contributed by atoms with Gasteiger partial charge in [-0.15, -0.1) is 0 Å². The summed E-state index contributed by atoms with van der Waals surface area (Å²) in [7, 11) is 1.20. The van der Waals surface area contributed by atoms with Crippen LogP contribution in [0.15, 0.2) is 52.3 Å². The van der Waals surface area contributed by atoms with E-state index in [2.05, 4.69) is 20.7 Å². The molecule has 0 heterocycles. The molecule has 2 aromatic rings. The first-order valence-corrected chi connectivity index (χ1v) is 9.48. The first-order chi connectivity index (χ1) is 12.8. The highest BCUT2D eigenvalue weighted by Crippen LogP contribution is 2.29. The Balaban J connectivity index is 2.32. The molecule has 2 aromatic carbocycles. The van der Waals surface area contributed by atoms with Crippen LogP contribution in [0.1, 0.15) is 6.92 Å². The summed E-state index contributed by atoms with van der Waals surface area (Å²) >= 11 is 9.42. The van der Waals surface area contributed by atoms with E-state index in [0.29, 0.717) is 26.2 Å². The third-order valence-electron chi connectivity index (χ3n) is 3.19. The molecule has 1 atom stereocenters. The van der Waals surface area contributed by atoms with E-state index >= 15 is 0 Å². The summed E-state index contributed by atoms with van der Waals surface area (Å²) in [5.41, 5.74) is 0.778. The largest absolute Gasteiger partial charge is 0.606 e. The van der Waals surface area contributed by atoms with Crippen molar-refractivity contribution in [3.8, 4) is 0 Å². The van der Waals surface area contributed by atoms with Gasteiger partial charge in [0, 0.05) is 29.2 Å². The van der Waals surface area contributed by atoms with Gasteiger partial charge in [0.15, 0.2) is 14.9 Å². The van der Waals surface area contributed by atoms with Gasteiger partial charge in [-0.3, -0.25) is 10.1 Å². The molecule has 0 saturated heterocycles. The molecule has 27 heavy (non-hydrogen) atoms. The van der Waals surface area contributed by atoms with Crippen molar-refractivity contribution in [2.75, 3.05) is 17.7 Å². The van der Waals surface area contributed by atoms with Crippen LogP contribution >= 0.6 is 23.8 Å². The molecule has 0 fully saturated rings. The van der Waals surface area contributed by atoms with Crippen molar-refractivity contribution in [2.45, 2.75) is 16.7 Å². The molecule has 0 bridgehead atoms. The number of hydrogen-bond donors (Lipinski definition) is 3. The van der Waals surface area contributed by atoms with Gasteiger partial charge in [0.25, 0.3) is 0 Å². The maximum absolute atomic E-state index is 12.8. The van der Waals surface area contributed by atoms with Gasteiger partial charge in [-0.05, 0) is 48.6 Å². The van der Waals surface area contributed by atoms with E-state index in [1.54, 1.807) is 42.5 Å². The van der Waals surface area contributed by atoms with Crippen LogP contribution in [-0.4, -0.2) is 28.8 Å². The predicted molar refractivity (Wildman–Crippen MR) is 109 cm³/mol. The highest BCUT2D eigenvalue weighted by atomic mass is 35.5. The molecule has 0 spiro atoms. The normalized spacial score (nSPS) is 11.3. The van der Waals surface area contributed by atoms with Crippen LogP contribution in [0.25, 0.3) is 0 Å². The first kappa shape index (κ1) is 21.0. The molecule has 142 valence electrons. The zero-order valence-corrected chi connectivity index (χ0v) is 16.8. The Kier molecular flexibility index (Phi) is 7.43. The third-order valence-corrected chi connectivity index (χ3v) is 5.03. The predicted octanol–water partition coefficient (Wildman–Crippen LogP) is 3.52. The molecule has 0 aliphatic heterocycles. The molecular weight excluding hydrogens is 410 g/mol. The minimum atomic E-state index is -1.48. The lowest BCUT2D eigenvalue weighted by molar-refractivity contribution is -0.114. The monoisotopic (exact) mass is 425 g/mol. The van der Waals surface area contributed by atoms with Gasteiger partial charge in [0.05, 0.1) is 18.5 Å². The van der Waals surface area contributed by atoms with E-state index in [9.17, 15) is 14.1 Å². The molecule has 2 rings (SSSR count). The smallest absolute Gasteiger partial charge is 0.413 e. The highest BCUT2D eigenvalue weighted by molar-refractivity contribution is 7.91. The minimum Gasteiger partial charge on any atom is -0.606 e. The van der Waals surface area contributed by atoms with Gasteiger partial charge in [0.2, 0.25) is 5.91 Å². The van der Waals surface area contributed by atoms with E-state index in [1.807, 2.05) is 0 Å². The van der Waals surface area contributed by atoms with Crippen molar-refractivity contribution < 1.29 is 18.9 Å². The number of carbonyl (C=O) groups is 2. The van der Waals surface area contributed by atoms with Gasteiger partial charge in [0.1, 0.15) is 0 Å².